The standard InChI is InChI=1S/C12H24N4/c1-6-10(7-2)16-11(13-9-15-16)8-14-12(3,4)5/h9-10,14H,6-8H2,1-5H3. The Balaban J connectivity index is 2.70. The van der Waals surface area contributed by atoms with Gasteiger partial charge in [-0.05, 0) is 33.6 Å². The van der Waals surface area contributed by atoms with Crippen LogP contribution in [0.2, 0.25) is 0 Å². The van der Waals surface area contributed by atoms with Crippen LogP contribution in [0, 0.1) is 0 Å². The summed E-state index contributed by atoms with van der Waals surface area (Å²) in [5.74, 6) is 1.03. The number of rotatable bonds is 5. The van der Waals surface area contributed by atoms with Crippen molar-refractivity contribution in [1.29, 1.82) is 0 Å². The van der Waals surface area contributed by atoms with Gasteiger partial charge >= 0.3 is 0 Å². The summed E-state index contributed by atoms with van der Waals surface area (Å²) in [6.45, 7) is 11.6. The quantitative estimate of drug-likeness (QED) is 0.835. The zero-order valence-corrected chi connectivity index (χ0v) is 11.1. The Hall–Kier alpha value is -0.900. The molecule has 1 N–H and O–H groups in total. The summed E-state index contributed by atoms with van der Waals surface area (Å²) in [7, 11) is 0. The first-order chi connectivity index (χ1) is 7.48. The molecule has 4 heteroatoms. The molecule has 0 fully saturated rings. The monoisotopic (exact) mass is 224 g/mol. The zero-order chi connectivity index (χ0) is 12.2. The van der Waals surface area contributed by atoms with Crippen molar-refractivity contribution >= 4 is 0 Å². The highest BCUT2D eigenvalue weighted by Gasteiger charge is 2.15. The van der Waals surface area contributed by atoms with Gasteiger partial charge in [0.05, 0.1) is 12.6 Å². The van der Waals surface area contributed by atoms with Crippen molar-refractivity contribution < 1.29 is 0 Å². The second kappa shape index (κ2) is 5.43. The number of aromatic nitrogens is 3. The first kappa shape index (κ1) is 13.2. The van der Waals surface area contributed by atoms with E-state index in [1.54, 1.807) is 6.33 Å². The summed E-state index contributed by atoms with van der Waals surface area (Å²) < 4.78 is 2.05. The molecule has 0 aliphatic heterocycles. The number of nitrogens with zero attached hydrogens (tertiary/aromatic N) is 3. The molecule has 0 unspecified atom stereocenters. The van der Waals surface area contributed by atoms with Crippen LogP contribution in [0.25, 0.3) is 0 Å². The molecule has 16 heavy (non-hydrogen) atoms. The fraction of sp³-hybridized carbons (Fsp3) is 0.833. The Labute approximate surface area is 98.5 Å². The van der Waals surface area contributed by atoms with Gasteiger partial charge < -0.3 is 5.32 Å². The van der Waals surface area contributed by atoms with Gasteiger partial charge in [0.25, 0.3) is 0 Å². The molecule has 0 amide bonds. The lowest BCUT2D eigenvalue weighted by Crippen LogP contribution is -2.36. The highest BCUT2D eigenvalue weighted by molar-refractivity contribution is 4.89. The molecular weight excluding hydrogens is 200 g/mol. The van der Waals surface area contributed by atoms with E-state index in [0.717, 1.165) is 25.2 Å². The minimum Gasteiger partial charge on any atom is -0.305 e. The van der Waals surface area contributed by atoms with E-state index in [2.05, 4.69) is 54.7 Å². The molecule has 4 nitrogen and oxygen atoms in total. The predicted octanol–water partition coefficient (Wildman–Crippen LogP) is 2.53. The van der Waals surface area contributed by atoms with E-state index >= 15 is 0 Å². The molecule has 1 heterocycles. The number of nitrogens with one attached hydrogen (secondary N) is 1. The van der Waals surface area contributed by atoms with Crippen LogP contribution in [0.1, 0.15) is 59.3 Å². The van der Waals surface area contributed by atoms with Gasteiger partial charge in [-0.3, -0.25) is 0 Å². The van der Waals surface area contributed by atoms with E-state index in [4.69, 9.17) is 0 Å². The maximum atomic E-state index is 4.33. The molecule has 0 aliphatic rings. The van der Waals surface area contributed by atoms with Crippen LogP contribution >= 0.6 is 0 Å². The van der Waals surface area contributed by atoms with Crippen molar-refractivity contribution in [3.05, 3.63) is 12.2 Å². The van der Waals surface area contributed by atoms with Crippen molar-refractivity contribution in [3.8, 4) is 0 Å². The smallest absolute Gasteiger partial charge is 0.141 e. The van der Waals surface area contributed by atoms with Crippen molar-refractivity contribution in [2.45, 2.75) is 65.6 Å². The average Bonchev–Trinajstić information content (AvgIpc) is 2.64. The van der Waals surface area contributed by atoms with Crippen molar-refractivity contribution in [2.75, 3.05) is 0 Å². The lowest BCUT2D eigenvalue weighted by Gasteiger charge is -2.21. The third-order valence-corrected chi connectivity index (χ3v) is 2.71. The summed E-state index contributed by atoms with van der Waals surface area (Å²) in [6, 6.07) is 0.472. The lowest BCUT2D eigenvalue weighted by molar-refractivity contribution is 0.375. The average molecular weight is 224 g/mol. The van der Waals surface area contributed by atoms with Crippen molar-refractivity contribution in [3.63, 3.8) is 0 Å². The Morgan fingerprint density at radius 1 is 1.31 bits per heavy atom. The molecular formula is C12H24N4. The maximum Gasteiger partial charge on any atom is 0.141 e. The normalized spacial score (nSPS) is 12.4. The molecule has 0 saturated carbocycles. The molecule has 1 rings (SSSR count). The number of hydrogen-bond acceptors (Lipinski definition) is 3. The molecule has 0 bridgehead atoms. The van der Waals surface area contributed by atoms with E-state index in [9.17, 15) is 0 Å². The highest BCUT2D eigenvalue weighted by Crippen LogP contribution is 2.15. The van der Waals surface area contributed by atoms with Crippen LogP contribution in [0.4, 0.5) is 0 Å². The SMILES string of the molecule is CCC(CC)n1ncnc1CNC(C)(C)C. The fourth-order valence-electron chi connectivity index (χ4n) is 1.68. The summed E-state index contributed by atoms with van der Waals surface area (Å²) in [5.41, 5.74) is 0.116. The van der Waals surface area contributed by atoms with Gasteiger partial charge in [0.1, 0.15) is 12.2 Å². The van der Waals surface area contributed by atoms with E-state index in [1.807, 2.05) is 0 Å². The van der Waals surface area contributed by atoms with Crippen LogP contribution in [0.15, 0.2) is 6.33 Å². The second-order valence-electron chi connectivity index (χ2n) is 5.19. The van der Waals surface area contributed by atoms with E-state index in [-0.39, 0.29) is 5.54 Å². The van der Waals surface area contributed by atoms with Gasteiger partial charge in [0.2, 0.25) is 0 Å². The van der Waals surface area contributed by atoms with E-state index < -0.39 is 0 Å². The molecule has 0 spiro atoms. The van der Waals surface area contributed by atoms with Gasteiger partial charge in [-0.1, -0.05) is 13.8 Å². The molecule has 0 radical (unpaired) electrons. The van der Waals surface area contributed by atoms with Crippen LogP contribution in [-0.2, 0) is 6.54 Å². The molecule has 0 saturated heterocycles. The first-order valence-corrected chi connectivity index (χ1v) is 6.11. The summed E-state index contributed by atoms with van der Waals surface area (Å²) >= 11 is 0. The predicted molar refractivity (Wildman–Crippen MR) is 66.2 cm³/mol. The third kappa shape index (κ3) is 3.59. The van der Waals surface area contributed by atoms with Gasteiger partial charge in [0, 0.05) is 5.54 Å². The summed E-state index contributed by atoms with van der Waals surface area (Å²) in [5, 5.41) is 7.77. The summed E-state index contributed by atoms with van der Waals surface area (Å²) in [4.78, 5) is 4.33. The molecule has 1 aromatic rings. The Morgan fingerprint density at radius 2 is 1.94 bits per heavy atom. The Bertz CT molecular complexity index is 307. The van der Waals surface area contributed by atoms with Crippen LogP contribution in [-0.4, -0.2) is 20.3 Å². The second-order valence-corrected chi connectivity index (χ2v) is 5.19. The van der Waals surface area contributed by atoms with Crippen LogP contribution < -0.4 is 5.32 Å². The van der Waals surface area contributed by atoms with Crippen molar-refractivity contribution in [1.82, 2.24) is 20.1 Å². The molecule has 0 atom stereocenters. The number of hydrogen-bond donors (Lipinski definition) is 1. The van der Waals surface area contributed by atoms with E-state index in [0.29, 0.717) is 6.04 Å². The lowest BCUT2D eigenvalue weighted by atomic mass is 10.1. The largest absolute Gasteiger partial charge is 0.305 e. The minimum absolute atomic E-state index is 0.116. The van der Waals surface area contributed by atoms with Gasteiger partial charge in [-0.25, -0.2) is 9.67 Å². The molecule has 0 aromatic carbocycles. The molecule has 1 aromatic heterocycles. The fourth-order valence-corrected chi connectivity index (χ4v) is 1.68. The topological polar surface area (TPSA) is 42.7 Å². The first-order valence-electron chi connectivity index (χ1n) is 6.11. The van der Waals surface area contributed by atoms with E-state index in [1.165, 1.54) is 0 Å². The Morgan fingerprint density at radius 3 is 2.44 bits per heavy atom. The molecule has 0 aliphatic carbocycles. The minimum atomic E-state index is 0.116. The van der Waals surface area contributed by atoms with Gasteiger partial charge in [0.15, 0.2) is 0 Å². The summed E-state index contributed by atoms with van der Waals surface area (Å²) in [6.07, 6.45) is 3.85. The van der Waals surface area contributed by atoms with Gasteiger partial charge in [-0.15, -0.1) is 0 Å². The molecule has 92 valence electrons. The van der Waals surface area contributed by atoms with Crippen molar-refractivity contribution in [2.24, 2.45) is 0 Å². The van der Waals surface area contributed by atoms with Crippen LogP contribution in [0.5, 0.6) is 0 Å². The third-order valence-electron chi connectivity index (χ3n) is 2.71. The highest BCUT2D eigenvalue weighted by atomic mass is 15.4. The maximum absolute atomic E-state index is 4.33. The Kier molecular flexibility index (Phi) is 4.47. The van der Waals surface area contributed by atoms with Crippen LogP contribution in [0.3, 0.4) is 0 Å². The zero-order valence-electron chi connectivity index (χ0n) is 11.1. The van der Waals surface area contributed by atoms with Gasteiger partial charge in [-0.2, -0.15) is 5.10 Å².